The van der Waals surface area contributed by atoms with Gasteiger partial charge in [0.05, 0.1) is 5.69 Å². The second-order valence-corrected chi connectivity index (χ2v) is 2.45. The zero-order chi connectivity index (χ0) is 8.65. The van der Waals surface area contributed by atoms with Crippen LogP contribution in [0.4, 0.5) is 0 Å². The summed E-state index contributed by atoms with van der Waals surface area (Å²) < 4.78 is 0. The van der Waals surface area contributed by atoms with Gasteiger partial charge in [0.1, 0.15) is 6.33 Å². The molecule has 0 atom stereocenters. The number of hydrogen-bond acceptors (Lipinski definition) is 3. The van der Waals surface area contributed by atoms with Gasteiger partial charge in [0.25, 0.3) is 0 Å². The van der Waals surface area contributed by atoms with Crippen molar-refractivity contribution in [3.63, 3.8) is 0 Å². The summed E-state index contributed by atoms with van der Waals surface area (Å²) in [4.78, 5) is 7.91. The Kier molecular flexibility index (Phi) is 4.02. The van der Waals surface area contributed by atoms with Crippen LogP contribution in [0.25, 0.3) is 0 Å². The van der Waals surface area contributed by atoms with Crippen molar-refractivity contribution in [2.75, 3.05) is 6.54 Å². The first-order valence-corrected chi connectivity index (χ1v) is 4.00. The summed E-state index contributed by atoms with van der Waals surface area (Å²) in [5, 5.41) is 3.24. The second kappa shape index (κ2) is 5.43. The van der Waals surface area contributed by atoms with E-state index in [1.165, 1.54) is 0 Å². The van der Waals surface area contributed by atoms with Crippen LogP contribution in [0.5, 0.6) is 0 Å². The largest absolute Gasteiger partial charge is 0.311 e. The summed E-state index contributed by atoms with van der Waals surface area (Å²) in [6, 6.07) is 1.90. The molecular weight excluding hydrogens is 150 g/mol. The SMILES string of the molecule is C=CCCNCc1ccncn1. The first-order valence-electron chi connectivity index (χ1n) is 4.00. The molecule has 1 heterocycles. The van der Waals surface area contributed by atoms with Gasteiger partial charge in [-0.25, -0.2) is 9.97 Å². The monoisotopic (exact) mass is 163 g/mol. The van der Waals surface area contributed by atoms with E-state index in [-0.39, 0.29) is 0 Å². The summed E-state index contributed by atoms with van der Waals surface area (Å²) >= 11 is 0. The predicted octanol–water partition coefficient (Wildman–Crippen LogP) is 1.14. The van der Waals surface area contributed by atoms with Crippen molar-refractivity contribution in [2.24, 2.45) is 0 Å². The lowest BCUT2D eigenvalue weighted by molar-refractivity contribution is 0.681. The van der Waals surface area contributed by atoms with E-state index >= 15 is 0 Å². The minimum atomic E-state index is 0.802. The first-order chi connectivity index (χ1) is 5.93. The molecule has 0 radical (unpaired) electrons. The van der Waals surface area contributed by atoms with E-state index in [0.717, 1.165) is 25.2 Å². The predicted molar refractivity (Wildman–Crippen MR) is 48.6 cm³/mol. The molecule has 0 amide bonds. The van der Waals surface area contributed by atoms with E-state index in [0.29, 0.717) is 0 Å². The van der Waals surface area contributed by atoms with Crippen LogP contribution in [0.1, 0.15) is 12.1 Å². The molecule has 3 heteroatoms. The molecule has 1 rings (SSSR count). The van der Waals surface area contributed by atoms with Gasteiger partial charge >= 0.3 is 0 Å². The molecule has 0 fully saturated rings. The third kappa shape index (κ3) is 3.25. The van der Waals surface area contributed by atoms with Crippen LogP contribution in [-0.4, -0.2) is 16.5 Å². The van der Waals surface area contributed by atoms with Crippen LogP contribution in [0, 0.1) is 0 Å². The Morgan fingerprint density at radius 1 is 1.58 bits per heavy atom. The summed E-state index contributed by atoms with van der Waals surface area (Å²) in [5.41, 5.74) is 1.02. The van der Waals surface area contributed by atoms with Crippen LogP contribution >= 0.6 is 0 Å². The van der Waals surface area contributed by atoms with Gasteiger partial charge in [0.15, 0.2) is 0 Å². The highest BCUT2D eigenvalue weighted by Crippen LogP contribution is 1.89. The number of hydrogen-bond donors (Lipinski definition) is 1. The summed E-state index contributed by atoms with van der Waals surface area (Å²) in [7, 11) is 0. The average Bonchev–Trinajstić information content (AvgIpc) is 2.14. The molecule has 0 aromatic carbocycles. The van der Waals surface area contributed by atoms with Crippen molar-refractivity contribution in [2.45, 2.75) is 13.0 Å². The van der Waals surface area contributed by atoms with E-state index in [1.54, 1.807) is 12.5 Å². The van der Waals surface area contributed by atoms with Gasteiger partial charge < -0.3 is 5.32 Å². The highest BCUT2D eigenvalue weighted by molar-refractivity contribution is 4.96. The maximum atomic E-state index is 4.08. The highest BCUT2D eigenvalue weighted by Gasteiger charge is 1.90. The van der Waals surface area contributed by atoms with Crippen molar-refractivity contribution < 1.29 is 0 Å². The van der Waals surface area contributed by atoms with E-state index in [2.05, 4.69) is 21.9 Å². The van der Waals surface area contributed by atoms with Gasteiger partial charge in [-0.2, -0.15) is 0 Å². The van der Waals surface area contributed by atoms with Crippen LogP contribution in [0.2, 0.25) is 0 Å². The minimum Gasteiger partial charge on any atom is -0.311 e. The van der Waals surface area contributed by atoms with Crippen LogP contribution in [0.15, 0.2) is 31.2 Å². The van der Waals surface area contributed by atoms with Crippen molar-refractivity contribution in [3.05, 3.63) is 36.9 Å². The molecule has 64 valence electrons. The third-order valence-electron chi connectivity index (χ3n) is 1.47. The second-order valence-electron chi connectivity index (χ2n) is 2.45. The molecule has 0 unspecified atom stereocenters. The van der Waals surface area contributed by atoms with E-state index in [1.807, 2.05) is 12.1 Å². The zero-order valence-corrected chi connectivity index (χ0v) is 7.03. The highest BCUT2D eigenvalue weighted by atomic mass is 14.9. The van der Waals surface area contributed by atoms with Gasteiger partial charge in [-0.05, 0) is 19.0 Å². The van der Waals surface area contributed by atoms with Gasteiger partial charge in [-0.15, -0.1) is 6.58 Å². The fourth-order valence-electron chi connectivity index (χ4n) is 0.843. The third-order valence-corrected chi connectivity index (χ3v) is 1.47. The Morgan fingerprint density at radius 2 is 2.50 bits per heavy atom. The molecular formula is C9H13N3. The Balaban J connectivity index is 2.20. The fraction of sp³-hybridized carbons (Fsp3) is 0.333. The van der Waals surface area contributed by atoms with Crippen LogP contribution < -0.4 is 5.32 Å². The molecule has 1 N–H and O–H groups in total. The summed E-state index contributed by atoms with van der Waals surface area (Å²) in [5.74, 6) is 0. The topological polar surface area (TPSA) is 37.8 Å². The van der Waals surface area contributed by atoms with Gasteiger partial charge in [-0.1, -0.05) is 6.08 Å². The van der Waals surface area contributed by atoms with Crippen molar-refractivity contribution >= 4 is 0 Å². The molecule has 3 nitrogen and oxygen atoms in total. The van der Waals surface area contributed by atoms with E-state index in [4.69, 9.17) is 0 Å². The quantitative estimate of drug-likeness (QED) is 0.522. The Bertz CT molecular complexity index is 220. The number of nitrogens with zero attached hydrogens (tertiary/aromatic N) is 2. The van der Waals surface area contributed by atoms with Crippen molar-refractivity contribution in [1.29, 1.82) is 0 Å². The van der Waals surface area contributed by atoms with Crippen LogP contribution in [0.3, 0.4) is 0 Å². The molecule has 0 aliphatic heterocycles. The standard InChI is InChI=1S/C9H13N3/c1-2-3-5-10-7-9-4-6-11-8-12-9/h2,4,6,8,10H,1,3,5,7H2. The summed E-state index contributed by atoms with van der Waals surface area (Å²) in [6.07, 6.45) is 6.19. The molecule has 12 heavy (non-hydrogen) atoms. The molecule has 0 aliphatic rings. The average molecular weight is 163 g/mol. The van der Waals surface area contributed by atoms with Crippen LogP contribution in [-0.2, 0) is 6.54 Å². The lowest BCUT2D eigenvalue weighted by Crippen LogP contribution is -2.14. The molecule has 1 aromatic rings. The van der Waals surface area contributed by atoms with Gasteiger partial charge in [0, 0.05) is 12.7 Å². The fourth-order valence-corrected chi connectivity index (χ4v) is 0.843. The molecule has 0 spiro atoms. The number of nitrogens with one attached hydrogen (secondary N) is 1. The normalized spacial score (nSPS) is 9.67. The minimum absolute atomic E-state index is 0.802. The Hall–Kier alpha value is -1.22. The van der Waals surface area contributed by atoms with Crippen molar-refractivity contribution in [1.82, 2.24) is 15.3 Å². The van der Waals surface area contributed by atoms with Gasteiger partial charge in [-0.3, -0.25) is 0 Å². The Labute approximate surface area is 72.6 Å². The zero-order valence-electron chi connectivity index (χ0n) is 7.03. The molecule has 0 saturated heterocycles. The molecule has 0 saturated carbocycles. The molecule has 1 aromatic heterocycles. The molecule has 0 aliphatic carbocycles. The number of rotatable bonds is 5. The molecule has 0 bridgehead atoms. The van der Waals surface area contributed by atoms with E-state index < -0.39 is 0 Å². The maximum absolute atomic E-state index is 4.08. The lowest BCUT2D eigenvalue weighted by atomic mass is 10.4. The maximum Gasteiger partial charge on any atom is 0.115 e. The number of aromatic nitrogens is 2. The lowest BCUT2D eigenvalue weighted by Gasteiger charge is -2.00. The van der Waals surface area contributed by atoms with E-state index in [9.17, 15) is 0 Å². The Morgan fingerprint density at radius 3 is 3.17 bits per heavy atom. The smallest absolute Gasteiger partial charge is 0.115 e. The first kappa shape index (κ1) is 8.87. The van der Waals surface area contributed by atoms with Gasteiger partial charge in [0.2, 0.25) is 0 Å². The summed E-state index contributed by atoms with van der Waals surface area (Å²) in [6.45, 7) is 5.39. The van der Waals surface area contributed by atoms with Crippen molar-refractivity contribution in [3.8, 4) is 0 Å².